The Morgan fingerprint density at radius 3 is 2.72 bits per heavy atom. The maximum absolute atomic E-state index is 13.5. The van der Waals surface area contributed by atoms with Gasteiger partial charge in [0.25, 0.3) is 5.91 Å². The number of para-hydroxylation sites is 1. The minimum atomic E-state index is -0.117. The second-order valence-corrected chi connectivity index (χ2v) is 12.4. The number of hydrogen-bond donors (Lipinski definition) is 1. The molecule has 2 aromatic heterocycles. The SMILES string of the molecule is CC(C)(C)[C@@H]1CCc2c(sc(N=Cc3ccccc3OCc3ccccc3Cl)c2C(=O)NCc2ccco2)C1. The van der Waals surface area contributed by atoms with Crippen LogP contribution in [0.25, 0.3) is 0 Å². The number of ether oxygens (including phenoxy) is 1. The van der Waals surface area contributed by atoms with Gasteiger partial charge >= 0.3 is 0 Å². The van der Waals surface area contributed by atoms with Gasteiger partial charge in [-0.25, -0.2) is 4.99 Å². The molecule has 0 fully saturated rings. The van der Waals surface area contributed by atoms with Crippen molar-refractivity contribution >= 4 is 40.1 Å². The summed E-state index contributed by atoms with van der Waals surface area (Å²) in [7, 11) is 0. The third-order valence-electron chi connectivity index (χ3n) is 7.28. The maximum atomic E-state index is 13.5. The predicted octanol–water partition coefficient (Wildman–Crippen LogP) is 8.41. The van der Waals surface area contributed by atoms with Crippen molar-refractivity contribution < 1.29 is 13.9 Å². The Bertz CT molecular complexity index is 1470. The van der Waals surface area contributed by atoms with E-state index in [0.29, 0.717) is 35.4 Å². The van der Waals surface area contributed by atoms with Crippen molar-refractivity contribution in [1.82, 2.24) is 5.32 Å². The first-order valence-corrected chi connectivity index (χ1v) is 14.4. The highest BCUT2D eigenvalue weighted by Crippen LogP contribution is 2.45. The standard InChI is InChI=1S/C32H33ClN2O3S/c1-32(2,3)23-14-15-25-28(17-23)39-31(29(25)30(36)34-19-24-11-8-16-37-24)35-18-21-9-5-7-13-27(21)38-20-22-10-4-6-12-26(22)33/h4-13,16,18,23H,14-15,17,19-20H2,1-3H3,(H,34,36)/t23-/m1/s1. The molecule has 1 N–H and O–H groups in total. The number of hydrogen-bond acceptors (Lipinski definition) is 5. The molecule has 202 valence electrons. The Balaban J connectivity index is 1.42. The molecule has 1 atom stereocenters. The largest absolute Gasteiger partial charge is 0.488 e. The number of benzene rings is 2. The molecule has 0 radical (unpaired) electrons. The Morgan fingerprint density at radius 2 is 1.95 bits per heavy atom. The molecule has 0 saturated heterocycles. The Labute approximate surface area is 238 Å². The molecular weight excluding hydrogens is 528 g/mol. The summed E-state index contributed by atoms with van der Waals surface area (Å²) in [6.07, 6.45) is 6.32. The number of amides is 1. The first-order valence-electron chi connectivity index (χ1n) is 13.2. The molecular formula is C32H33ClN2O3S. The third-order valence-corrected chi connectivity index (χ3v) is 8.81. The van der Waals surface area contributed by atoms with E-state index in [0.717, 1.165) is 46.7 Å². The predicted molar refractivity (Wildman–Crippen MR) is 159 cm³/mol. The van der Waals surface area contributed by atoms with E-state index >= 15 is 0 Å². The minimum Gasteiger partial charge on any atom is -0.488 e. The molecule has 0 saturated carbocycles. The van der Waals surface area contributed by atoms with Crippen molar-refractivity contribution in [1.29, 1.82) is 0 Å². The summed E-state index contributed by atoms with van der Waals surface area (Å²) in [4.78, 5) is 19.6. The van der Waals surface area contributed by atoms with Crippen molar-refractivity contribution in [2.45, 2.75) is 53.2 Å². The van der Waals surface area contributed by atoms with Crippen LogP contribution in [0.15, 0.2) is 76.3 Å². The molecule has 5 nitrogen and oxygen atoms in total. The number of nitrogens with one attached hydrogen (secondary N) is 1. The number of halogens is 1. The quantitative estimate of drug-likeness (QED) is 0.220. The number of carbonyl (C=O) groups excluding carboxylic acids is 1. The molecule has 2 heterocycles. The maximum Gasteiger partial charge on any atom is 0.255 e. The summed E-state index contributed by atoms with van der Waals surface area (Å²) in [6.45, 7) is 7.58. The van der Waals surface area contributed by atoms with Crippen LogP contribution in [-0.2, 0) is 26.0 Å². The van der Waals surface area contributed by atoms with Gasteiger partial charge in [0, 0.05) is 27.2 Å². The van der Waals surface area contributed by atoms with Gasteiger partial charge in [-0.3, -0.25) is 4.79 Å². The second-order valence-electron chi connectivity index (χ2n) is 10.9. The van der Waals surface area contributed by atoms with E-state index in [4.69, 9.17) is 25.7 Å². The van der Waals surface area contributed by atoms with Crippen LogP contribution in [0.2, 0.25) is 5.02 Å². The summed E-state index contributed by atoms with van der Waals surface area (Å²) >= 11 is 7.95. The highest BCUT2D eigenvalue weighted by atomic mass is 35.5. The van der Waals surface area contributed by atoms with Gasteiger partial charge in [0.1, 0.15) is 23.1 Å². The summed E-state index contributed by atoms with van der Waals surface area (Å²) in [5.74, 6) is 1.88. The topological polar surface area (TPSA) is 63.8 Å². The number of aliphatic imine (C=N–C) groups is 1. The van der Waals surface area contributed by atoms with Crippen LogP contribution in [0.1, 0.15) is 64.9 Å². The Kier molecular flexibility index (Phi) is 8.24. The Hall–Kier alpha value is -3.35. The molecule has 4 aromatic rings. The average molecular weight is 561 g/mol. The molecule has 1 aliphatic rings. The molecule has 5 rings (SSSR count). The van der Waals surface area contributed by atoms with Crippen molar-refractivity contribution in [3.8, 4) is 5.75 Å². The molecule has 2 aromatic carbocycles. The van der Waals surface area contributed by atoms with E-state index in [1.54, 1.807) is 23.8 Å². The molecule has 0 unspecified atom stereocenters. The van der Waals surface area contributed by atoms with Crippen LogP contribution < -0.4 is 10.1 Å². The van der Waals surface area contributed by atoms with Crippen molar-refractivity contribution in [2.75, 3.05) is 0 Å². The van der Waals surface area contributed by atoms with Gasteiger partial charge in [-0.2, -0.15) is 0 Å². The fourth-order valence-electron chi connectivity index (χ4n) is 4.92. The normalized spacial score (nSPS) is 15.3. The zero-order chi connectivity index (χ0) is 27.4. The molecule has 0 bridgehead atoms. The zero-order valence-corrected chi connectivity index (χ0v) is 24.1. The second kappa shape index (κ2) is 11.8. The van der Waals surface area contributed by atoms with Crippen molar-refractivity contribution in [3.63, 3.8) is 0 Å². The molecule has 1 amide bonds. The summed E-state index contributed by atoms with van der Waals surface area (Å²) < 4.78 is 11.5. The highest BCUT2D eigenvalue weighted by molar-refractivity contribution is 7.16. The van der Waals surface area contributed by atoms with Crippen LogP contribution in [0.5, 0.6) is 5.75 Å². The van der Waals surface area contributed by atoms with E-state index in [1.807, 2.05) is 60.7 Å². The van der Waals surface area contributed by atoms with Crippen molar-refractivity contribution in [2.24, 2.45) is 16.3 Å². The number of rotatable bonds is 8. The van der Waals surface area contributed by atoms with E-state index in [9.17, 15) is 4.79 Å². The van der Waals surface area contributed by atoms with E-state index in [-0.39, 0.29) is 11.3 Å². The average Bonchev–Trinajstić information content (AvgIpc) is 3.57. The number of nitrogens with zero attached hydrogens (tertiary/aromatic N) is 1. The number of fused-ring (bicyclic) bond motifs is 1. The first kappa shape index (κ1) is 27.2. The fraction of sp³-hybridized carbons (Fsp3) is 0.312. The zero-order valence-electron chi connectivity index (χ0n) is 22.5. The first-order chi connectivity index (χ1) is 18.8. The number of carbonyl (C=O) groups is 1. The Morgan fingerprint density at radius 1 is 1.15 bits per heavy atom. The van der Waals surface area contributed by atoms with Crippen LogP contribution >= 0.6 is 22.9 Å². The third kappa shape index (κ3) is 6.45. The van der Waals surface area contributed by atoms with Gasteiger partial charge < -0.3 is 14.5 Å². The van der Waals surface area contributed by atoms with Gasteiger partial charge in [-0.15, -0.1) is 11.3 Å². The van der Waals surface area contributed by atoms with E-state index in [1.165, 1.54) is 4.88 Å². The lowest BCUT2D eigenvalue weighted by Crippen LogP contribution is -2.28. The molecule has 0 spiro atoms. The molecule has 7 heteroatoms. The van der Waals surface area contributed by atoms with E-state index < -0.39 is 0 Å². The highest BCUT2D eigenvalue weighted by Gasteiger charge is 2.33. The lowest BCUT2D eigenvalue weighted by atomic mass is 9.72. The number of furan rings is 1. The molecule has 1 aliphatic carbocycles. The van der Waals surface area contributed by atoms with E-state index in [2.05, 4.69) is 26.1 Å². The van der Waals surface area contributed by atoms with Gasteiger partial charge in [0.05, 0.1) is 18.4 Å². The van der Waals surface area contributed by atoms with Gasteiger partial charge in [-0.05, 0) is 66.5 Å². The lowest BCUT2D eigenvalue weighted by molar-refractivity contribution is 0.0947. The molecule has 0 aliphatic heterocycles. The van der Waals surface area contributed by atoms with Gasteiger partial charge in [0.15, 0.2) is 0 Å². The van der Waals surface area contributed by atoms with Crippen LogP contribution in [0, 0.1) is 11.3 Å². The van der Waals surface area contributed by atoms with Gasteiger partial charge in [0.2, 0.25) is 0 Å². The van der Waals surface area contributed by atoms with Crippen LogP contribution in [0.4, 0.5) is 5.00 Å². The summed E-state index contributed by atoms with van der Waals surface area (Å²) in [5, 5.41) is 4.44. The fourth-order valence-corrected chi connectivity index (χ4v) is 6.38. The smallest absolute Gasteiger partial charge is 0.255 e. The molecule has 39 heavy (non-hydrogen) atoms. The number of thiophene rings is 1. The minimum absolute atomic E-state index is 0.117. The lowest BCUT2D eigenvalue weighted by Gasteiger charge is -2.33. The van der Waals surface area contributed by atoms with Crippen molar-refractivity contribution in [3.05, 3.63) is 105 Å². The summed E-state index contributed by atoms with van der Waals surface area (Å²) in [6, 6.07) is 19.1. The van der Waals surface area contributed by atoms with Crippen LogP contribution in [-0.4, -0.2) is 12.1 Å². The van der Waals surface area contributed by atoms with Gasteiger partial charge in [-0.1, -0.05) is 62.7 Å². The summed E-state index contributed by atoms with van der Waals surface area (Å²) in [5.41, 5.74) is 3.78. The van der Waals surface area contributed by atoms with Crippen LogP contribution in [0.3, 0.4) is 0 Å². The monoisotopic (exact) mass is 560 g/mol.